The van der Waals surface area contributed by atoms with E-state index in [2.05, 4.69) is 4.74 Å². The van der Waals surface area contributed by atoms with E-state index in [1.165, 1.54) is 41.5 Å². The molecule has 2 amide bonds. The van der Waals surface area contributed by atoms with Gasteiger partial charge in [-0.25, -0.2) is 23.2 Å². The summed E-state index contributed by atoms with van der Waals surface area (Å²) in [5, 5.41) is 8.70. The van der Waals surface area contributed by atoms with Crippen LogP contribution in [0.5, 0.6) is 0 Å². The highest BCUT2D eigenvalue weighted by atomic mass is 19.3. The minimum atomic E-state index is -3.50. The SMILES string of the molecule is COC(=O)[C@@H](CCC(F)(F)CO)N(C(=O)OC(C)(C)C)C(=O)OC(C)(C)C. The first-order valence-corrected chi connectivity index (χ1v) is 8.34. The number of alkyl halides is 2. The number of aliphatic hydroxyl groups is 1. The van der Waals surface area contributed by atoms with Gasteiger partial charge in [-0.3, -0.25) is 0 Å². The number of methoxy groups -OCH3 is 1. The van der Waals surface area contributed by atoms with Crippen molar-refractivity contribution >= 4 is 18.2 Å². The summed E-state index contributed by atoms with van der Waals surface area (Å²) in [5.41, 5.74) is -2.04. The van der Waals surface area contributed by atoms with Gasteiger partial charge in [-0.15, -0.1) is 0 Å². The number of imide groups is 1. The lowest BCUT2D eigenvalue weighted by atomic mass is 10.1. The van der Waals surface area contributed by atoms with Gasteiger partial charge in [0.2, 0.25) is 0 Å². The second-order valence-electron chi connectivity index (χ2n) is 7.92. The number of rotatable bonds is 6. The molecule has 8 nitrogen and oxygen atoms in total. The Balaban J connectivity index is 5.85. The van der Waals surface area contributed by atoms with Crippen molar-refractivity contribution in [2.45, 2.75) is 77.6 Å². The molecule has 0 unspecified atom stereocenters. The topological polar surface area (TPSA) is 102 Å². The summed E-state index contributed by atoms with van der Waals surface area (Å²) < 4.78 is 41.6. The van der Waals surface area contributed by atoms with Crippen LogP contribution in [0.3, 0.4) is 0 Å². The number of nitrogens with zero attached hydrogens (tertiary/aromatic N) is 1. The molecule has 0 saturated carbocycles. The normalized spacial score (nSPS) is 13.6. The smallest absolute Gasteiger partial charge is 0.420 e. The maximum absolute atomic E-state index is 13.4. The lowest BCUT2D eigenvalue weighted by Gasteiger charge is -2.32. The number of hydrogen-bond acceptors (Lipinski definition) is 7. The van der Waals surface area contributed by atoms with Gasteiger partial charge in [0.15, 0.2) is 0 Å². The Kier molecular flexibility index (Phi) is 8.62. The zero-order valence-corrected chi connectivity index (χ0v) is 16.8. The van der Waals surface area contributed by atoms with Gasteiger partial charge in [-0.05, 0) is 48.0 Å². The highest BCUT2D eigenvalue weighted by Gasteiger charge is 2.42. The van der Waals surface area contributed by atoms with Crippen LogP contribution in [0.4, 0.5) is 18.4 Å². The number of hydrogen-bond donors (Lipinski definition) is 1. The standard InChI is InChI=1S/C17H29F2NO7/c1-15(2,3)26-13(23)20(14(24)27-16(4,5)6)11(12(22)25-7)8-9-17(18,19)10-21/h11,21H,8-10H2,1-7H3/t11-/m1/s1. The molecule has 0 aliphatic heterocycles. The molecule has 0 bridgehead atoms. The van der Waals surface area contributed by atoms with Crippen molar-refractivity contribution in [3.63, 3.8) is 0 Å². The van der Waals surface area contributed by atoms with Crippen LogP contribution in [-0.4, -0.2) is 65.0 Å². The van der Waals surface area contributed by atoms with E-state index in [0.717, 1.165) is 7.11 Å². The van der Waals surface area contributed by atoms with Crippen LogP contribution >= 0.6 is 0 Å². The monoisotopic (exact) mass is 397 g/mol. The van der Waals surface area contributed by atoms with E-state index < -0.39 is 60.8 Å². The summed E-state index contributed by atoms with van der Waals surface area (Å²) in [6, 6.07) is -1.71. The molecule has 0 rings (SSSR count). The first kappa shape index (κ1) is 25.0. The van der Waals surface area contributed by atoms with E-state index in [-0.39, 0.29) is 0 Å². The maximum atomic E-state index is 13.4. The molecule has 0 saturated heterocycles. The Bertz CT molecular complexity index is 510. The van der Waals surface area contributed by atoms with Crippen molar-refractivity contribution < 1.29 is 42.5 Å². The van der Waals surface area contributed by atoms with Gasteiger partial charge in [0.1, 0.15) is 23.9 Å². The highest BCUT2D eigenvalue weighted by Crippen LogP contribution is 2.25. The van der Waals surface area contributed by atoms with Crippen LogP contribution in [0.2, 0.25) is 0 Å². The molecule has 158 valence electrons. The van der Waals surface area contributed by atoms with Crippen LogP contribution in [0.25, 0.3) is 0 Å². The molecule has 0 radical (unpaired) electrons. The van der Waals surface area contributed by atoms with Crippen molar-refractivity contribution in [3.8, 4) is 0 Å². The highest BCUT2D eigenvalue weighted by molar-refractivity contribution is 5.94. The van der Waals surface area contributed by atoms with Crippen molar-refractivity contribution in [1.82, 2.24) is 4.90 Å². The molecular formula is C17H29F2NO7. The Morgan fingerprint density at radius 2 is 1.37 bits per heavy atom. The minimum Gasteiger partial charge on any atom is -0.467 e. The van der Waals surface area contributed by atoms with Gasteiger partial charge in [0.25, 0.3) is 5.92 Å². The second kappa shape index (κ2) is 9.29. The molecule has 10 heteroatoms. The molecule has 0 aliphatic carbocycles. The predicted octanol–water partition coefficient (Wildman–Crippen LogP) is 3.11. The molecule has 1 atom stereocenters. The van der Waals surface area contributed by atoms with E-state index in [1.807, 2.05) is 0 Å². The quantitative estimate of drug-likeness (QED) is 0.543. The number of aliphatic hydroxyl groups excluding tert-OH is 1. The third-order valence-electron chi connectivity index (χ3n) is 2.98. The average molecular weight is 397 g/mol. The fraction of sp³-hybridized carbons (Fsp3) is 0.824. The molecule has 0 aliphatic rings. The fourth-order valence-corrected chi connectivity index (χ4v) is 1.87. The second-order valence-corrected chi connectivity index (χ2v) is 7.92. The summed E-state index contributed by atoms with van der Waals surface area (Å²) in [5.74, 6) is -4.60. The molecule has 0 aromatic rings. The van der Waals surface area contributed by atoms with Gasteiger partial charge in [0.05, 0.1) is 7.11 Å². The summed E-state index contributed by atoms with van der Waals surface area (Å²) >= 11 is 0. The fourth-order valence-electron chi connectivity index (χ4n) is 1.87. The molecule has 0 spiro atoms. The van der Waals surface area contributed by atoms with Crippen LogP contribution in [0.15, 0.2) is 0 Å². The van der Waals surface area contributed by atoms with E-state index in [1.54, 1.807) is 0 Å². The van der Waals surface area contributed by atoms with Gasteiger partial charge in [0, 0.05) is 6.42 Å². The van der Waals surface area contributed by atoms with E-state index in [0.29, 0.717) is 4.90 Å². The van der Waals surface area contributed by atoms with Crippen molar-refractivity contribution in [2.24, 2.45) is 0 Å². The molecule has 0 fully saturated rings. The van der Waals surface area contributed by atoms with Crippen LogP contribution in [-0.2, 0) is 19.0 Å². The number of halogens is 2. The lowest BCUT2D eigenvalue weighted by Crippen LogP contribution is -2.52. The number of esters is 1. The Hall–Kier alpha value is -1.97. The molecule has 27 heavy (non-hydrogen) atoms. The third kappa shape index (κ3) is 9.50. The molecule has 0 aromatic carbocycles. The van der Waals surface area contributed by atoms with Crippen molar-refractivity contribution in [3.05, 3.63) is 0 Å². The summed E-state index contributed by atoms with van der Waals surface area (Å²) in [6.45, 7) is 7.75. The van der Waals surface area contributed by atoms with Crippen molar-refractivity contribution in [1.29, 1.82) is 0 Å². The maximum Gasteiger partial charge on any atom is 0.420 e. The average Bonchev–Trinajstić information content (AvgIpc) is 2.46. The van der Waals surface area contributed by atoms with E-state index in [9.17, 15) is 23.2 Å². The Morgan fingerprint density at radius 3 is 1.67 bits per heavy atom. The van der Waals surface area contributed by atoms with Crippen LogP contribution < -0.4 is 0 Å². The predicted molar refractivity (Wildman–Crippen MR) is 91.4 cm³/mol. The molecule has 0 heterocycles. The van der Waals surface area contributed by atoms with Gasteiger partial charge < -0.3 is 19.3 Å². The first-order chi connectivity index (χ1) is 12.0. The number of amides is 2. The zero-order chi connectivity index (χ0) is 21.6. The summed E-state index contributed by atoms with van der Waals surface area (Å²) in [6.07, 6.45) is -4.09. The summed E-state index contributed by atoms with van der Waals surface area (Å²) in [7, 11) is 0.988. The third-order valence-corrected chi connectivity index (χ3v) is 2.98. The number of carbonyl (C=O) groups is 3. The zero-order valence-electron chi connectivity index (χ0n) is 16.8. The molecule has 0 aromatic heterocycles. The van der Waals surface area contributed by atoms with Crippen LogP contribution in [0.1, 0.15) is 54.4 Å². The molecular weight excluding hydrogens is 368 g/mol. The summed E-state index contributed by atoms with van der Waals surface area (Å²) in [4.78, 5) is 37.4. The van der Waals surface area contributed by atoms with Crippen molar-refractivity contribution in [2.75, 3.05) is 13.7 Å². The van der Waals surface area contributed by atoms with E-state index in [4.69, 9.17) is 14.6 Å². The van der Waals surface area contributed by atoms with Gasteiger partial charge >= 0.3 is 18.2 Å². The number of carbonyl (C=O) groups excluding carboxylic acids is 3. The minimum absolute atomic E-state index is 0.329. The Morgan fingerprint density at radius 1 is 0.963 bits per heavy atom. The van der Waals surface area contributed by atoms with Gasteiger partial charge in [-0.2, -0.15) is 4.90 Å². The van der Waals surface area contributed by atoms with Gasteiger partial charge in [-0.1, -0.05) is 0 Å². The largest absolute Gasteiger partial charge is 0.467 e. The lowest BCUT2D eigenvalue weighted by molar-refractivity contribution is -0.148. The number of ether oxygens (including phenoxy) is 3. The van der Waals surface area contributed by atoms with Crippen LogP contribution in [0, 0.1) is 0 Å². The molecule has 1 N–H and O–H groups in total. The van der Waals surface area contributed by atoms with E-state index >= 15 is 0 Å². The Labute approximate surface area is 157 Å². The first-order valence-electron chi connectivity index (χ1n) is 8.34.